The summed E-state index contributed by atoms with van der Waals surface area (Å²) in [6.45, 7) is 10.5. The van der Waals surface area contributed by atoms with Gasteiger partial charge in [0.25, 0.3) is 0 Å². The Bertz CT molecular complexity index is 1550. The van der Waals surface area contributed by atoms with E-state index in [4.69, 9.17) is 19.4 Å². The maximum atomic E-state index is 12.7. The Morgan fingerprint density at radius 3 is 1.50 bits per heavy atom. The summed E-state index contributed by atoms with van der Waals surface area (Å²) in [7, 11) is 0. The van der Waals surface area contributed by atoms with Gasteiger partial charge in [0.15, 0.2) is 5.82 Å². The lowest BCUT2D eigenvalue weighted by Gasteiger charge is -2.22. The minimum atomic E-state index is -0.658. The van der Waals surface area contributed by atoms with Gasteiger partial charge in [-0.05, 0) is 71.9 Å². The van der Waals surface area contributed by atoms with Crippen molar-refractivity contribution >= 4 is 36.0 Å². The average molecular weight is 623 g/mol. The Hall–Kier alpha value is -5.52. The van der Waals surface area contributed by atoms with Crippen molar-refractivity contribution in [3.05, 3.63) is 96.6 Å². The predicted octanol–water partition coefficient (Wildman–Crippen LogP) is 5.30. The van der Waals surface area contributed by atoms with Crippen LogP contribution in [0.3, 0.4) is 0 Å². The van der Waals surface area contributed by atoms with Crippen molar-refractivity contribution in [2.24, 2.45) is 10.2 Å². The summed E-state index contributed by atoms with van der Waals surface area (Å²) in [5.41, 5.74) is 0.343. The topological polar surface area (TPSA) is 135 Å². The number of carbonyl (C=O) groups excluding carboxylic acids is 2. The van der Waals surface area contributed by atoms with E-state index < -0.39 is 23.1 Å². The molecule has 12 heteroatoms. The SMILES string of the molecule is CC(C)(C)OC(=O)CN(/N=C/c1cc(/C=N/N(CC(=O)OC(C)(C)C)c2ccccn2)nc(-c2ccccc2)n1)c1ccccn1. The second-order valence-corrected chi connectivity index (χ2v) is 12.1. The van der Waals surface area contributed by atoms with E-state index in [1.54, 1.807) is 96.4 Å². The molecule has 0 fully saturated rings. The molecule has 0 unspecified atom stereocenters. The summed E-state index contributed by atoms with van der Waals surface area (Å²) >= 11 is 0. The number of anilines is 2. The van der Waals surface area contributed by atoms with Crippen molar-refractivity contribution in [1.82, 2.24) is 19.9 Å². The van der Waals surface area contributed by atoms with Crippen LogP contribution in [0, 0.1) is 0 Å². The van der Waals surface area contributed by atoms with Gasteiger partial charge in [0.2, 0.25) is 0 Å². The molecule has 46 heavy (non-hydrogen) atoms. The Balaban J connectivity index is 1.69. The lowest BCUT2D eigenvalue weighted by Crippen LogP contribution is -2.33. The van der Waals surface area contributed by atoms with Gasteiger partial charge in [0, 0.05) is 18.0 Å². The number of aromatic nitrogens is 4. The van der Waals surface area contributed by atoms with Crippen molar-refractivity contribution in [3.63, 3.8) is 0 Å². The number of hydrogen-bond donors (Lipinski definition) is 0. The normalized spacial score (nSPS) is 11.9. The molecular weight excluding hydrogens is 584 g/mol. The van der Waals surface area contributed by atoms with E-state index in [-0.39, 0.29) is 13.1 Å². The van der Waals surface area contributed by atoms with Crippen molar-refractivity contribution in [1.29, 1.82) is 0 Å². The second kappa shape index (κ2) is 15.0. The van der Waals surface area contributed by atoms with E-state index in [0.29, 0.717) is 28.8 Å². The monoisotopic (exact) mass is 622 g/mol. The van der Waals surface area contributed by atoms with Gasteiger partial charge in [-0.15, -0.1) is 0 Å². The zero-order chi connectivity index (χ0) is 33.2. The highest BCUT2D eigenvalue weighted by Gasteiger charge is 2.21. The summed E-state index contributed by atoms with van der Waals surface area (Å²) in [5, 5.41) is 12.0. The third-order valence-corrected chi connectivity index (χ3v) is 5.68. The quantitative estimate of drug-likeness (QED) is 0.123. The van der Waals surface area contributed by atoms with Crippen LogP contribution in [0.25, 0.3) is 11.4 Å². The predicted molar refractivity (Wildman–Crippen MR) is 178 cm³/mol. The highest BCUT2D eigenvalue weighted by Crippen LogP contribution is 2.17. The van der Waals surface area contributed by atoms with E-state index in [0.717, 1.165) is 5.56 Å². The summed E-state index contributed by atoms with van der Waals surface area (Å²) < 4.78 is 11.0. The van der Waals surface area contributed by atoms with Crippen LogP contribution in [0.1, 0.15) is 52.9 Å². The summed E-state index contributed by atoms with van der Waals surface area (Å²) in [5.74, 6) is 0.415. The molecule has 0 bridgehead atoms. The minimum absolute atomic E-state index is 0.167. The molecule has 3 heterocycles. The van der Waals surface area contributed by atoms with Crippen LogP contribution in [0.5, 0.6) is 0 Å². The van der Waals surface area contributed by atoms with Crippen LogP contribution in [-0.4, -0.2) is 68.6 Å². The van der Waals surface area contributed by atoms with Gasteiger partial charge in [0.1, 0.15) is 35.9 Å². The number of pyridine rings is 2. The molecule has 0 amide bonds. The molecule has 238 valence electrons. The molecule has 12 nitrogen and oxygen atoms in total. The molecule has 0 spiro atoms. The van der Waals surface area contributed by atoms with E-state index in [9.17, 15) is 9.59 Å². The van der Waals surface area contributed by atoms with E-state index in [1.807, 2.05) is 30.3 Å². The zero-order valence-corrected chi connectivity index (χ0v) is 26.9. The first kappa shape index (κ1) is 33.4. The molecule has 3 aromatic heterocycles. The minimum Gasteiger partial charge on any atom is -0.459 e. The number of rotatable bonds is 11. The summed E-state index contributed by atoms with van der Waals surface area (Å²) in [6, 6.07) is 21.8. The van der Waals surface area contributed by atoms with Crippen LogP contribution < -0.4 is 10.0 Å². The van der Waals surface area contributed by atoms with Crippen LogP contribution >= 0.6 is 0 Å². The van der Waals surface area contributed by atoms with Gasteiger partial charge in [-0.25, -0.2) is 30.0 Å². The number of esters is 2. The fourth-order valence-electron chi connectivity index (χ4n) is 3.96. The first-order valence-corrected chi connectivity index (χ1v) is 14.7. The maximum absolute atomic E-state index is 12.7. The summed E-state index contributed by atoms with van der Waals surface area (Å²) in [6.07, 6.45) is 6.26. The second-order valence-electron chi connectivity index (χ2n) is 12.1. The van der Waals surface area contributed by atoms with Crippen LogP contribution in [-0.2, 0) is 19.1 Å². The van der Waals surface area contributed by atoms with E-state index in [2.05, 4.69) is 20.2 Å². The van der Waals surface area contributed by atoms with Gasteiger partial charge in [-0.3, -0.25) is 9.59 Å². The number of nitrogens with zero attached hydrogens (tertiary/aromatic N) is 8. The Kier molecular flexibility index (Phi) is 10.9. The smallest absolute Gasteiger partial charge is 0.328 e. The fraction of sp³-hybridized carbons (Fsp3) is 0.294. The summed E-state index contributed by atoms with van der Waals surface area (Å²) in [4.78, 5) is 43.5. The molecule has 0 aliphatic heterocycles. The third-order valence-electron chi connectivity index (χ3n) is 5.68. The number of ether oxygens (including phenoxy) is 2. The van der Waals surface area contributed by atoms with Crippen LogP contribution in [0.15, 0.2) is 95.4 Å². The zero-order valence-electron chi connectivity index (χ0n) is 26.9. The molecular formula is C34H38N8O4. The molecule has 1 aromatic carbocycles. The molecule has 4 rings (SSSR count). The Morgan fingerprint density at radius 2 is 1.11 bits per heavy atom. The molecule has 0 aliphatic carbocycles. The molecule has 0 N–H and O–H groups in total. The molecule has 0 aliphatic rings. The lowest BCUT2D eigenvalue weighted by atomic mass is 10.2. The van der Waals surface area contributed by atoms with E-state index in [1.165, 1.54) is 22.4 Å². The molecule has 0 saturated heterocycles. The van der Waals surface area contributed by atoms with Crippen molar-refractivity contribution < 1.29 is 19.1 Å². The first-order valence-electron chi connectivity index (χ1n) is 14.7. The largest absolute Gasteiger partial charge is 0.459 e. The molecule has 0 atom stereocenters. The fourth-order valence-corrected chi connectivity index (χ4v) is 3.96. The molecule has 0 radical (unpaired) electrons. The van der Waals surface area contributed by atoms with Gasteiger partial charge >= 0.3 is 11.9 Å². The highest BCUT2D eigenvalue weighted by atomic mass is 16.6. The standard InChI is InChI=1S/C34H38N8O4/c1-33(2,3)45-30(43)23-41(28-16-10-12-18-35-28)37-21-26-20-27(40-32(39-26)25-14-8-7-9-15-25)22-38-42(29-17-11-13-19-36-29)24-31(44)46-34(4,5)6/h7-22H,23-24H2,1-6H3/b37-21+,38-22+. The van der Waals surface area contributed by atoms with Crippen molar-refractivity contribution in [2.75, 3.05) is 23.1 Å². The number of hydrogen-bond acceptors (Lipinski definition) is 12. The number of carbonyl (C=O) groups is 2. The lowest BCUT2D eigenvalue weighted by molar-refractivity contribution is -0.154. The Morgan fingerprint density at radius 1 is 0.674 bits per heavy atom. The number of hydrazone groups is 2. The van der Waals surface area contributed by atoms with Gasteiger partial charge < -0.3 is 9.47 Å². The van der Waals surface area contributed by atoms with Crippen molar-refractivity contribution in [2.45, 2.75) is 52.7 Å². The Labute approximate surface area is 268 Å². The van der Waals surface area contributed by atoms with Gasteiger partial charge in [-0.2, -0.15) is 10.2 Å². The molecule has 0 saturated carbocycles. The maximum Gasteiger partial charge on any atom is 0.328 e. The van der Waals surface area contributed by atoms with Crippen molar-refractivity contribution in [3.8, 4) is 11.4 Å². The van der Waals surface area contributed by atoms with Gasteiger partial charge in [-0.1, -0.05) is 42.5 Å². The third kappa shape index (κ3) is 10.9. The van der Waals surface area contributed by atoms with Crippen LogP contribution in [0.4, 0.5) is 11.6 Å². The van der Waals surface area contributed by atoms with Gasteiger partial charge in [0.05, 0.1) is 23.8 Å². The first-order chi connectivity index (χ1) is 21.8. The molecule has 4 aromatic rings. The van der Waals surface area contributed by atoms with Crippen LogP contribution in [0.2, 0.25) is 0 Å². The van der Waals surface area contributed by atoms with E-state index >= 15 is 0 Å². The highest BCUT2D eigenvalue weighted by molar-refractivity contribution is 5.86. The number of benzene rings is 1. The average Bonchev–Trinajstić information content (AvgIpc) is 3.00.